The summed E-state index contributed by atoms with van der Waals surface area (Å²) >= 11 is 1.49. The summed E-state index contributed by atoms with van der Waals surface area (Å²) in [6.45, 7) is 3.22. The van der Waals surface area contributed by atoms with Crippen LogP contribution in [0.4, 0.5) is 5.69 Å². The van der Waals surface area contributed by atoms with E-state index >= 15 is 0 Å². The van der Waals surface area contributed by atoms with Gasteiger partial charge in [0, 0.05) is 35.2 Å². The van der Waals surface area contributed by atoms with Crippen molar-refractivity contribution >= 4 is 29.1 Å². The number of carbonyl (C=O) groups excluding carboxylic acids is 2. The Kier molecular flexibility index (Phi) is 4.53. The molecule has 0 fully saturated rings. The molecule has 2 aromatic rings. The van der Waals surface area contributed by atoms with Gasteiger partial charge < -0.3 is 5.32 Å². The molecular formula is C17H17N3O3S. The van der Waals surface area contributed by atoms with Gasteiger partial charge in [0.2, 0.25) is 5.91 Å². The Morgan fingerprint density at radius 1 is 1.33 bits per heavy atom. The minimum Gasteiger partial charge on any atom is -0.326 e. The van der Waals surface area contributed by atoms with Crippen molar-refractivity contribution in [1.82, 2.24) is 9.55 Å². The Morgan fingerprint density at radius 2 is 2.04 bits per heavy atom. The number of fused-ring (bicyclic) bond motifs is 1. The van der Waals surface area contributed by atoms with Crippen molar-refractivity contribution in [1.29, 1.82) is 0 Å². The lowest BCUT2D eigenvalue weighted by molar-refractivity contribution is -0.116. The van der Waals surface area contributed by atoms with Gasteiger partial charge >= 0.3 is 0 Å². The standard InChI is InChI=1S/C17H17N3O3S/c1-10-8-18-17-20(16(10)23)14(9-24-17)7-15(22)19-13-5-3-12(4-6-13)11(2)21/h3-6,8,14H,7,9H2,1-2H3,(H,19,22). The van der Waals surface area contributed by atoms with E-state index < -0.39 is 0 Å². The van der Waals surface area contributed by atoms with Gasteiger partial charge in [0.25, 0.3) is 5.56 Å². The maximum Gasteiger partial charge on any atom is 0.257 e. The average molecular weight is 343 g/mol. The summed E-state index contributed by atoms with van der Waals surface area (Å²) in [5.41, 5.74) is 1.72. The molecule has 0 saturated heterocycles. The van der Waals surface area contributed by atoms with Crippen LogP contribution in [0.5, 0.6) is 0 Å². The molecule has 1 aromatic carbocycles. The van der Waals surface area contributed by atoms with Gasteiger partial charge in [-0.1, -0.05) is 11.8 Å². The van der Waals surface area contributed by atoms with Crippen LogP contribution in [0, 0.1) is 6.92 Å². The molecule has 2 heterocycles. The lowest BCUT2D eigenvalue weighted by atomic mass is 10.1. The van der Waals surface area contributed by atoms with Crippen LogP contribution >= 0.6 is 11.8 Å². The number of aromatic nitrogens is 2. The van der Waals surface area contributed by atoms with Crippen LogP contribution in [0.3, 0.4) is 0 Å². The second kappa shape index (κ2) is 6.60. The smallest absolute Gasteiger partial charge is 0.257 e. The highest BCUT2D eigenvalue weighted by atomic mass is 32.2. The largest absolute Gasteiger partial charge is 0.326 e. The molecule has 24 heavy (non-hydrogen) atoms. The molecule has 3 rings (SSSR count). The number of nitrogens with one attached hydrogen (secondary N) is 1. The lowest BCUT2D eigenvalue weighted by Gasteiger charge is -2.13. The predicted molar refractivity (Wildman–Crippen MR) is 92.7 cm³/mol. The third-order valence-electron chi connectivity index (χ3n) is 3.90. The van der Waals surface area contributed by atoms with E-state index in [0.29, 0.717) is 27.7 Å². The Labute approximate surface area is 143 Å². The minimum atomic E-state index is -0.193. The molecule has 1 amide bonds. The monoisotopic (exact) mass is 343 g/mol. The summed E-state index contributed by atoms with van der Waals surface area (Å²) in [6, 6.07) is 6.56. The van der Waals surface area contributed by atoms with Gasteiger partial charge in [-0.2, -0.15) is 0 Å². The maximum absolute atomic E-state index is 12.3. The van der Waals surface area contributed by atoms with Gasteiger partial charge in [-0.15, -0.1) is 0 Å². The van der Waals surface area contributed by atoms with Crippen molar-refractivity contribution in [3.05, 3.63) is 51.9 Å². The van der Waals surface area contributed by atoms with Crippen molar-refractivity contribution in [3.63, 3.8) is 0 Å². The first-order chi connectivity index (χ1) is 11.5. The minimum absolute atomic E-state index is 0.0188. The molecule has 1 N–H and O–H groups in total. The Morgan fingerprint density at radius 3 is 2.71 bits per heavy atom. The Hall–Kier alpha value is -2.41. The van der Waals surface area contributed by atoms with Gasteiger partial charge in [0.05, 0.1) is 6.04 Å². The molecule has 0 saturated carbocycles. The highest BCUT2D eigenvalue weighted by Crippen LogP contribution is 2.32. The van der Waals surface area contributed by atoms with E-state index in [-0.39, 0.29) is 29.7 Å². The number of hydrogen-bond acceptors (Lipinski definition) is 5. The van der Waals surface area contributed by atoms with E-state index in [4.69, 9.17) is 0 Å². The molecule has 0 radical (unpaired) electrons. The fourth-order valence-corrected chi connectivity index (χ4v) is 3.69. The zero-order valence-electron chi connectivity index (χ0n) is 13.4. The van der Waals surface area contributed by atoms with Gasteiger partial charge in [0.1, 0.15) is 0 Å². The number of carbonyl (C=O) groups is 2. The van der Waals surface area contributed by atoms with Crippen LogP contribution in [0.15, 0.2) is 40.4 Å². The highest BCUT2D eigenvalue weighted by molar-refractivity contribution is 7.99. The summed E-state index contributed by atoms with van der Waals surface area (Å²) in [7, 11) is 0. The van der Waals surface area contributed by atoms with E-state index in [0.717, 1.165) is 0 Å². The number of benzene rings is 1. The van der Waals surface area contributed by atoms with Crippen molar-refractivity contribution in [2.24, 2.45) is 0 Å². The first-order valence-corrected chi connectivity index (χ1v) is 8.56. The number of hydrogen-bond donors (Lipinski definition) is 1. The zero-order valence-corrected chi connectivity index (χ0v) is 14.2. The molecule has 1 atom stereocenters. The Bertz CT molecular complexity index is 858. The molecule has 0 spiro atoms. The summed E-state index contributed by atoms with van der Waals surface area (Å²) in [5.74, 6) is 0.467. The van der Waals surface area contributed by atoms with Crippen LogP contribution < -0.4 is 10.9 Å². The summed E-state index contributed by atoms with van der Waals surface area (Å²) in [5, 5.41) is 3.47. The van der Waals surface area contributed by atoms with Crippen LogP contribution in [0.2, 0.25) is 0 Å². The molecule has 1 aliphatic rings. The number of nitrogens with zero attached hydrogens (tertiary/aromatic N) is 2. The molecule has 1 aliphatic heterocycles. The first kappa shape index (κ1) is 16.4. The van der Waals surface area contributed by atoms with Crippen molar-refractivity contribution in [3.8, 4) is 0 Å². The second-order valence-corrected chi connectivity index (χ2v) is 6.74. The number of rotatable bonds is 4. The average Bonchev–Trinajstić information content (AvgIpc) is 2.95. The fourth-order valence-electron chi connectivity index (χ4n) is 2.58. The predicted octanol–water partition coefficient (Wildman–Crippen LogP) is 2.43. The molecule has 1 unspecified atom stereocenters. The third-order valence-corrected chi connectivity index (χ3v) is 5.01. The Balaban J connectivity index is 1.70. The van der Waals surface area contributed by atoms with Gasteiger partial charge in [-0.05, 0) is 38.1 Å². The van der Waals surface area contributed by atoms with E-state index in [9.17, 15) is 14.4 Å². The van der Waals surface area contributed by atoms with E-state index in [2.05, 4.69) is 10.3 Å². The van der Waals surface area contributed by atoms with Gasteiger partial charge in [-0.3, -0.25) is 19.0 Å². The maximum atomic E-state index is 12.3. The fraction of sp³-hybridized carbons (Fsp3) is 0.294. The molecular weight excluding hydrogens is 326 g/mol. The topological polar surface area (TPSA) is 81.1 Å². The molecule has 6 nitrogen and oxygen atoms in total. The van der Waals surface area contributed by atoms with Crippen molar-refractivity contribution < 1.29 is 9.59 Å². The SMILES string of the molecule is CC(=O)c1ccc(NC(=O)CC2CSc3ncc(C)c(=O)n32)cc1. The molecule has 7 heteroatoms. The summed E-state index contributed by atoms with van der Waals surface area (Å²) in [6.07, 6.45) is 1.78. The number of anilines is 1. The third kappa shape index (κ3) is 3.26. The number of Topliss-reactive ketones (excluding diaryl/α,β-unsaturated/α-hetero) is 1. The first-order valence-electron chi connectivity index (χ1n) is 7.57. The lowest BCUT2D eigenvalue weighted by Crippen LogP contribution is -2.28. The molecule has 0 aliphatic carbocycles. The quantitative estimate of drug-likeness (QED) is 0.681. The normalized spacial score (nSPS) is 15.8. The zero-order chi connectivity index (χ0) is 17.3. The van der Waals surface area contributed by atoms with Gasteiger partial charge in [0.15, 0.2) is 10.9 Å². The van der Waals surface area contributed by atoms with E-state index in [1.807, 2.05) is 0 Å². The van der Waals surface area contributed by atoms with Crippen LogP contribution in [-0.4, -0.2) is 27.0 Å². The summed E-state index contributed by atoms with van der Waals surface area (Å²) in [4.78, 5) is 40.0. The van der Waals surface area contributed by atoms with Crippen LogP contribution in [-0.2, 0) is 4.79 Å². The molecule has 1 aromatic heterocycles. The van der Waals surface area contributed by atoms with Crippen LogP contribution in [0.25, 0.3) is 0 Å². The number of amides is 1. The molecule has 0 bridgehead atoms. The number of thioether (sulfide) groups is 1. The number of ketones is 1. The number of aryl methyl sites for hydroxylation is 1. The van der Waals surface area contributed by atoms with Crippen molar-refractivity contribution in [2.45, 2.75) is 31.5 Å². The van der Waals surface area contributed by atoms with Crippen molar-refractivity contribution in [2.75, 3.05) is 11.1 Å². The highest BCUT2D eigenvalue weighted by Gasteiger charge is 2.27. The van der Waals surface area contributed by atoms with Crippen LogP contribution in [0.1, 0.15) is 35.3 Å². The second-order valence-electron chi connectivity index (χ2n) is 5.75. The van der Waals surface area contributed by atoms with E-state index in [1.165, 1.54) is 18.7 Å². The summed E-state index contributed by atoms with van der Waals surface area (Å²) < 4.78 is 1.61. The van der Waals surface area contributed by atoms with Gasteiger partial charge in [-0.25, -0.2) is 4.98 Å². The molecule has 124 valence electrons. The van der Waals surface area contributed by atoms with E-state index in [1.54, 1.807) is 42.0 Å².